The van der Waals surface area contributed by atoms with Crippen LogP contribution in [0.4, 0.5) is 19.0 Å². The summed E-state index contributed by atoms with van der Waals surface area (Å²) in [6.45, 7) is 0. The largest absolute Gasteiger partial charge is 0.306 e. The third kappa shape index (κ3) is 3.21. The zero-order chi connectivity index (χ0) is 14.9. The maximum Gasteiger partial charge on any atom is 0.257 e. The number of nitrogens with one attached hydrogen (secondary N) is 1. The molecule has 0 radical (unpaired) electrons. The molecule has 0 saturated carbocycles. The zero-order valence-electron chi connectivity index (χ0n) is 9.55. The maximum atomic E-state index is 13.0. The first-order valence-electron chi connectivity index (χ1n) is 5.15. The quantitative estimate of drug-likeness (QED) is 0.598. The van der Waals surface area contributed by atoms with Gasteiger partial charge in [-0.15, -0.1) is 0 Å². The van der Waals surface area contributed by atoms with E-state index in [1.54, 1.807) is 6.07 Å². The Hall–Kier alpha value is -1.35. The summed E-state index contributed by atoms with van der Waals surface area (Å²) in [7, 11) is 0. The van der Waals surface area contributed by atoms with Gasteiger partial charge in [-0.2, -0.15) is 0 Å². The lowest BCUT2D eigenvalue weighted by Gasteiger charge is -2.07. The molecule has 1 aromatic heterocycles. The Balaban J connectivity index is 2.28. The summed E-state index contributed by atoms with van der Waals surface area (Å²) in [5.41, 5.74) is -0.353. The molecule has 1 heterocycles. The van der Waals surface area contributed by atoms with Crippen molar-refractivity contribution in [2.45, 2.75) is 0 Å². The molecule has 0 unspecified atom stereocenters. The van der Waals surface area contributed by atoms with Crippen LogP contribution in [0.2, 0.25) is 5.02 Å². The van der Waals surface area contributed by atoms with E-state index in [-0.39, 0.29) is 11.4 Å². The molecule has 20 heavy (non-hydrogen) atoms. The van der Waals surface area contributed by atoms with Gasteiger partial charge in [-0.1, -0.05) is 11.6 Å². The van der Waals surface area contributed by atoms with Gasteiger partial charge in [0.1, 0.15) is 5.82 Å². The molecule has 0 spiro atoms. The highest BCUT2D eigenvalue weighted by molar-refractivity contribution is 14.1. The number of carbonyl (C=O) groups excluding carboxylic acids is 1. The van der Waals surface area contributed by atoms with Crippen LogP contribution in [0.25, 0.3) is 0 Å². The van der Waals surface area contributed by atoms with Gasteiger partial charge in [0.05, 0.1) is 8.59 Å². The molecular formula is C12H5ClF3IN2O. The topological polar surface area (TPSA) is 42.0 Å². The summed E-state index contributed by atoms with van der Waals surface area (Å²) in [5.74, 6) is -5.12. The SMILES string of the molecule is O=C(Nc1ncc(Cl)cc1I)c1cc(F)c(F)c(F)c1. The van der Waals surface area contributed by atoms with Crippen LogP contribution in [0.15, 0.2) is 24.4 Å². The average molecular weight is 413 g/mol. The van der Waals surface area contributed by atoms with Gasteiger partial charge in [0.2, 0.25) is 0 Å². The van der Waals surface area contributed by atoms with Crippen molar-refractivity contribution in [2.24, 2.45) is 0 Å². The molecule has 8 heteroatoms. The van der Waals surface area contributed by atoms with Gasteiger partial charge in [0, 0.05) is 11.8 Å². The molecule has 1 aromatic carbocycles. The summed E-state index contributed by atoms with van der Waals surface area (Å²) >= 11 is 7.60. The number of aromatic nitrogens is 1. The van der Waals surface area contributed by atoms with Crippen molar-refractivity contribution in [2.75, 3.05) is 5.32 Å². The second kappa shape index (κ2) is 5.96. The summed E-state index contributed by atoms with van der Waals surface area (Å²) in [6.07, 6.45) is 1.31. The fourth-order valence-electron chi connectivity index (χ4n) is 1.37. The van der Waals surface area contributed by atoms with Crippen LogP contribution in [-0.4, -0.2) is 10.9 Å². The minimum absolute atomic E-state index is 0.185. The van der Waals surface area contributed by atoms with Crippen molar-refractivity contribution in [1.82, 2.24) is 4.98 Å². The highest BCUT2D eigenvalue weighted by Gasteiger charge is 2.16. The fraction of sp³-hybridized carbons (Fsp3) is 0. The van der Waals surface area contributed by atoms with Crippen molar-refractivity contribution in [3.8, 4) is 0 Å². The van der Waals surface area contributed by atoms with Crippen LogP contribution < -0.4 is 5.32 Å². The predicted octanol–water partition coefficient (Wildman–Crippen LogP) is 4.01. The lowest BCUT2D eigenvalue weighted by molar-refractivity contribution is 0.102. The van der Waals surface area contributed by atoms with E-state index in [9.17, 15) is 18.0 Å². The minimum atomic E-state index is -1.62. The van der Waals surface area contributed by atoms with Crippen molar-refractivity contribution < 1.29 is 18.0 Å². The molecule has 104 valence electrons. The Labute approximate surface area is 130 Å². The highest BCUT2D eigenvalue weighted by Crippen LogP contribution is 2.20. The summed E-state index contributed by atoms with van der Waals surface area (Å²) in [4.78, 5) is 15.7. The molecule has 1 amide bonds. The van der Waals surface area contributed by atoms with Crippen molar-refractivity contribution >= 4 is 45.9 Å². The number of hydrogen-bond acceptors (Lipinski definition) is 2. The van der Waals surface area contributed by atoms with E-state index in [4.69, 9.17) is 11.6 Å². The number of nitrogens with zero attached hydrogens (tertiary/aromatic N) is 1. The maximum absolute atomic E-state index is 13.0. The molecular weight excluding hydrogens is 407 g/mol. The molecule has 0 bridgehead atoms. The zero-order valence-corrected chi connectivity index (χ0v) is 12.5. The van der Waals surface area contributed by atoms with Gasteiger partial charge < -0.3 is 5.32 Å². The molecule has 0 aliphatic heterocycles. The highest BCUT2D eigenvalue weighted by atomic mass is 127. The second-order valence-corrected chi connectivity index (χ2v) is 5.29. The molecule has 3 nitrogen and oxygen atoms in total. The van der Waals surface area contributed by atoms with E-state index in [0.717, 1.165) is 0 Å². The molecule has 2 rings (SSSR count). The standard InChI is InChI=1S/C12H5ClF3IN2O/c13-6-3-9(17)11(18-4-6)19-12(20)5-1-7(14)10(16)8(15)2-5/h1-4H,(H,18,19,20). The Kier molecular flexibility index (Phi) is 4.48. The molecule has 0 saturated heterocycles. The Morgan fingerprint density at radius 2 is 1.80 bits per heavy atom. The van der Waals surface area contributed by atoms with Gasteiger partial charge in [0.25, 0.3) is 5.91 Å². The third-order valence-electron chi connectivity index (χ3n) is 2.29. The van der Waals surface area contributed by atoms with E-state index in [1.807, 2.05) is 22.6 Å². The van der Waals surface area contributed by atoms with Gasteiger partial charge in [0.15, 0.2) is 17.5 Å². The third-order valence-corrected chi connectivity index (χ3v) is 3.31. The monoisotopic (exact) mass is 412 g/mol. The molecule has 1 N–H and O–H groups in total. The smallest absolute Gasteiger partial charge is 0.257 e. The molecule has 0 atom stereocenters. The van der Waals surface area contributed by atoms with Crippen LogP contribution in [0, 0.1) is 21.0 Å². The number of hydrogen-bond donors (Lipinski definition) is 1. The summed E-state index contributed by atoms with van der Waals surface area (Å²) < 4.78 is 39.4. The predicted molar refractivity (Wildman–Crippen MR) is 76.2 cm³/mol. The Morgan fingerprint density at radius 3 is 2.35 bits per heavy atom. The fourth-order valence-corrected chi connectivity index (χ4v) is 2.32. The van der Waals surface area contributed by atoms with E-state index in [0.29, 0.717) is 20.7 Å². The van der Waals surface area contributed by atoms with Crippen LogP contribution in [-0.2, 0) is 0 Å². The number of benzene rings is 1. The molecule has 2 aromatic rings. The summed E-state index contributed by atoms with van der Waals surface area (Å²) in [5, 5.41) is 2.74. The van der Waals surface area contributed by atoms with E-state index < -0.39 is 23.4 Å². The Bertz CT molecular complexity index is 673. The number of pyridine rings is 1. The Morgan fingerprint density at radius 1 is 1.20 bits per heavy atom. The van der Waals surface area contributed by atoms with E-state index >= 15 is 0 Å². The van der Waals surface area contributed by atoms with Crippen LogP contribution in [0.3, 0.4) is 0 Å². The van der Waals surface area contributed by atoms with Gasteiger partial charge in [-0.05, 0) is 40.8 Å². The van der Waals surface area contributed by atoms with E-state index in [1.165, 1.54) is 6.20 Å². The first-order valence-corrected chi connectivity index (χ1v) is 6.61. The number of carbonyl (C=O) groups is 1. The number of halogens is 5. The lowest BCUT2D eigenvalue weighted by Crippen LogP contribution is -2.15. The van der Waals surface area contributed by atoms with Crippen molar-refractivity contribution in [3.05, 3.63) is 56.0 Å². The lowest BCUT2D eigenvalue weighted by atomic mass is 10.2. The van der Waals surface area contributed by atoms with Gasteiger partial charge in [-0.25, -0.2) is 18.2 Å². The average Bonchev–Trinajstić information content (AvgIpc) is 2.38. The van der Waals surface area contributed by atoms with Gasteiger partial charge >= 0.3 is 0 Å². The van der Waals surface area contributed by atoms with Crippen LogP contribution in [0.5, 0.6) is 0 Å². The molecule has 0 aliphatic carbocycles. The van der Waals surface area contributed by atoms with Crippen molar-refractivity contribution in [3.63, 3.8) is 0 Å². The first-order chi connectivity index (χ1) is 9.38. The normalized spacial score (nSPS) is 10.4. The molecule has 0 fully saturated rings. The van der Waals surface area contributed by atoms with Crippen LogP contribution >= 0.6 is 34.2 Å². The number of amides is 1. The number of anilines is 1. The number of rotatable bonds is 2. The minimum Gasteiger partial charge on any atom is -0.306 e. The first kappa shape index (κ1) is 15.0. The van der Waals surface area contributed by atoms with Crippen molar-refractivity contribution in [1.29, 1.82) is 0 Å². The van der Waals surface area contributed by atoms with Crippen LogP contribution in [0.1, 0.15) is 10.4 Å². The summed E-state index contributed by atoms with van der Waals surface area (Å²) in [6, 6.07) is 2.77. The molecule has 0 aliphatic rings. The van der Waals surface area contributed by atoms with Gasteiger partial charge in [-0.3, -0.25) is 4.79 Å². The second-order valence-electron chi connectivity index (χ2n) is 3.69. The van der Waals surface area contributed by atoms with E-state index in [2.05, 4.69) is 10.3 Å².